The van der Waals surface area contributed by atoms with Crippen molar-refractivity contribution >= 4 is 23.3 Å². The van der Waals surface area contributed by atoms with Gasteiger partial charge < -0.3 is 20.1 Å². The van der Waals surface area contributed by atoms with Crippen LogP contribution in [0.4, 0.5) is 5.82 Å². The van der Waals surface area contributed by atoms with Gasteiger partial charge in [0.2, 0.25) is 0 Å². The van der Waals surface area contributed by atoms with Crippen molar-refractivity contribution in [1.82, 2.24) is 14.5 Å². The van der Waals surface area contributed by atoms with Crippen molar-refractivity contribution in [3.63, 3.8) is 0 Å². The number of nitrogens with zero attached hydrogens (tertiary/aromatic N) is 3. The number of rotatable bonds is 9. The van der Waals surface area contributed by atoms with Crippen molar-refractivity contribution in [1.29, 1.82) is 0 Å². The van der Waals surface area contributed by atoms with Crippen LogP contribution in [0.5, 0.6) is 0 Å². The number of carbonyl (C=O) groups is 1. The summed E-state index contributed by atoms with van der Waals surface area (Å²) in [6, 6.07) is 0. The Hall–Kier alpha value is -2.15. The van der Waals surface area contributed by atoms with Crippen LogP contribution < -0.4 is 5.73 Å². The van der Waals surface area contributed by atoms with Gasteiger partial charge in [-0.2, -0.15) is 0 Å². The number of ether oxygens (including phenoxy) is 1. The number of nitrogen functional groups attached to an aromatic ring is 1. The van der Waals surface area contributed by atoms with Gasteiger partial charge >= 0.3 is 0 Å². The molecule has 1 atom stereocenters. The fraction of sp³-hybridized carbons (Fsp3) is 0.650. The molecule has 2 heterocycles. The zero-order valence-electron chi connectivity index (χ0n) is 16.3. The predicted octanol–water partition coefficient (Wildman–Crippen LogP) is 2.41. The Morgan fingerprint density at radius 3 is 2.81 bits per heavy atom. The van der Waals surface area contributed by atoms with E-state index < -0.39 is 5.41 Å². The third-order valence-corrected chi connectivity index (χ3v) is 5.44. The van der Waals surface area contributed by atoms with Gasteiger partial charge in [-0.25, -0.2) is 9.97 Å². The molecular weight excluding hydrogens is 344 g/mol. The third kappa shape index (κ3) is 3.93. The van der Waals surface area contributed by atoms with Crippen LogP contribution in [0.1, 0.15) is 56.6 Å². The molecule has 0 aromatic carbocycles. The molecule has 0 saturated heterocycles. The number of aliphatic hydroxyl groups excluding tert-OH is 1. The Labute approximate surface area is 159 Å². The van der Waals surface area contributed by atoms with Crippen LogP contribution in [0.3, 0.4) is 0 Å². The molecule has 0 aliphatic heterocycles. The van der Waals surface area contributed by atoms with E-state index >= 15 is 0 Å². The van der Waals surface area contributed by atoms with Crippen LogP contribution in [0.15, 0.2) is 0 Å². The van der Waals surface area contributed by atoms with E-state index in [4.69, 9.17) is 15.5 Å². The molecule has 0 bridgehead atoms. The highest BCUT2D eigenvalue weighted by Gasteiger charge is 2.30. The lowest BCUT2D eigenvalue weighted by molar-refractivity contribution is -0.133. The molecule has 7 nitrogen and oxygen atoms in total. The van der Waals surface area contributed by atoms with Gasteiger partial charge in [-0.05, 0) is 37.7 Å². The molecule has 3 N–H and O–H groups in total. The van der Waals surface area contributed by atoms with E-state index in [2.05, 4.69) is 16.5 Å². The van der Waals surface area contributed by atoms with Crippen LogP contribution >= 0.6 is 0 Å². The summed E-state index contributed by atoms with van der Waals surface area (Å²) < 4.78 is 7.19. The van der Waals surface area contributed by atoms with E-state index in [9.17, 15) is 9.90 Å². The van der Waals surface area contributed by atoms with Crippen molar-refractivity contribution in [2.24, 2.45) is 5.41 Å². The van der Waals surface area contributed by atoms with Gasteiger partial charge in [-0.3, -0.25) is 4.79 Å². The second kappa shape index (κ2) is 8.25. The smallest absolute Gasteiger partial charge is 0.293 e. The van der Waals surface area contributed by atoms with Crippen LogP contribution in [-0.4, -0.2) is 39.3 Å². The van der Waals surface area contributed by atoms with E-state index in [1.165, 1.54) is 5.56 Å². The number of nitrogens with two attached hydrogens (primary N) is 1. The van der Waals surface area contributed by atoms with Crippen molar-refractivity contribution in [3.05, 3.63) is 17.1 Å². The van der Waals surface area contributed by atoms with Crippen LogP contribution in [0.25, 0.3) is 11.0 Å². The number of aryl methyl sites for hydroxylation is 3. The lowest BCUT2D eigenvalue weighted by Crippen LogP contribution is -2.33. The van der Waals surface area contributed by atoms with Crippen LogP contribution in [0.2, 0.25) is 0 Å². The molecule has 7 heteroatoms. The summed E-state index contributed by atoms with van der Waals surface area (Å²) in [5, 5.41) is 9.98. The van der Waals surface area contributed by atoms with Crippen molar-refractivity contribution < 1.29 is 14.6 Å². The van der Waals surface area contributed by atoms with Gasteiger partial charge in [0.15, 0.2) is 5.82 Å². The highest BCUT2D eigenvalue weighted by Crippen LogP contribution is 2.33. The molecule has 27 heavy (non-hydrogen) atoms. The number of fused-ring (bicyclic) bond motifs is 3. The average Bonchev–Trinajstić information content (AvgIpc) is 3.04. The van der Waals surface area contributed by atoms with E-state index in [-0.39, 0.29) is 13.2 Å². The minimum absolute atomic E-state index is 0.0868. The summed E-state index contributed by atoms with van der Waals surface area (Å²) in [5.41, 5.74) is 9.79. The van der Waals surface area contributed by atoms with Gasteiger partial charge in [0, 0.05) is 24.1 Å². The number of aliphatic hydroxyl groups is 1. The van der Waals surface area contributed by atoms with Crippen molar-refractivity contribution in [2.75, 3.05) is 18.9 Å². The predicted molar refractivity (Wildman–Crippen MR) is 104 cm³/mol. The minimum Gasteiger partial charge on any atom is -0.467 e. The van der Waals surface area contributed by atoms with Gasteiger partial charge in [0.25, 0.3) is 6.47 Å². The first-order valence-electron chi connectivity index (χ1n) is 9.85. The molecule has 1 aliphatic carbocycles. The number of aromatic nitrogens is 3. The molecule has 1 unspecified atom stereocenters. The summed E-state index contributed by atoms with van der Waals surface area (Å²) in [7, 11) is 0. The lowest BCUT2D eigenvalue weighted by Gasteiger charge is -2.28. The quantitative estimate of drug-likeness (QED) is 0.653. The number of hydrogen-bond donors (Lipinski definition) is 2. The summed E-state index contributed by atoms with van der Waals surface area (Å²) in [4.78, 5) is 20.1. The largest absolute Gasteiger partial charge is 0.467 e. The van der Waals surface area contributed by atoms with Gasteiger partial charge in [0.1, 0.15) is 17.9 Å². The Balaban J connectivity index is 2.14. The van der Waals surface area contributed by atoms with Crippen molar-refractivity contribution in [2.45, 2.75) is 65.3 Å². The summed E-state index contributed by atoms with van der Waals surface area (Å²) in [5.74, 6) is 1.45. The second-order valence-electron chi connectivity index (χ2n) is 7.92. The zero-order valence-corrected chi connectivity index (χ0v) is 16.3. The first kappa shape index (κ1) is 19.6. The first-order chi connectivity index (χ1) is 13.0. The number of imidazole rings is 1. The molecule has 0 saturated carbocycles. The summed E-state index contributed by atoms with van der Waals surface area (Å²) in [6.45, 7) is 5.09. The molecule has 0 fully saturated rings. The Morgan fingerprint density at radius 2 is 2.11 bits per heavy atom. The summed E-state index contributed by atoms with van der Waals surface area (Å²) in [6.07, 6.45) is 7.11. The third-order valence-electron chi connectivity index (χ3n) is 5.44. The fourth-order valence-electron chi connectivity index (χ4n) is 3.90. The number of anilines is 1. The number of carbonyl (C=O) groups excluding carboxylic acids is 1. The minimum atomic E-state index is -0.588. The van der Waals surface area contributed by atoms with E-state index in [1.807, 2.05) is 6.92 Å². The van der Waals surface area contributed by atoms with Gasteiger partial charge in [0.05, 0.1) is 12.1 Å². The molecule has 0 amide bonds. The van der Waals surface area contributed by atoms with E-state index in [1.54, 1.807) is 0 Å². The maximum absolute atomic E-state index is 10.7. The number of hydrogen-bond acceptors (Lipinski definition) is 6. The first-order valence-corrected chi connectivity index (χ1v) is 9.85. The summed E-state index contributed by atoms with van der Waals surface area (Å²) >= 11 is 0. The van der Waals surface area contributed by atoms with Gasteiger partial charge in [-0.15, -0.1) is 0 Å². The van der Waals surface area contributed by atoms with E-state index in [0.717, 1.165) is 67.5 Å². The van der Waals surface area contributed by atoms with Crippen LogP contribution in [-0.2, 0) is 35.3 Å². The molecular formula is C20H30N4O3. The fourth-order valence-corrected chi connectivity index (χ4v) is 3.90. The molecule has 148 valence electrons. The molecule has 3 rings (SSSR count). The highest BCUT2D eigenvalue weighted by atomic mass is 16.5. The molecule has 1 aliphatic rings. The normalized spacial score (nSPS) is 16.1. The Kier molecular flexibility index (Phi) is 5.99. The Morgan fingerprint density at radius 1 is 1.33 bits per heavy atom. The molecule has 0 spiro atoms. The maximum atomic E-state index is 10.7. The zero-order chi connectivity index (χ0) is 19.4. The number of pyridine rings is 1. The molecule has 2 aromatic heterocycles. The average molecular weight is 374 g/mol. The number of unbranched alkanes of at least 4 members (excludes halogenated alkanes) is 1. The topological polar surface area (TPSA) is 103 Å². The molecule has 2 aromatic rings. The van der Waals surface area contributed by atoms with Crippen LogP contribution in [0, 0.1) is 5.41 Å². The van der Waals surface area contributed by atoms with Crippen molar-refractivity contribution in [3.8, 4) is 0 Å². The standard InChI is InChI=1S/C20H30N4O3/c1-3-4-9-16-23-17-18(14-7-5-6-8-15(14)22-19(17)21)24(16)10-20(2,11-25)12-27-13-26/h13,25H,3-12H2,1-2H3,(H2,21,22). The monoisotopic (exact) mass is 374 g/mol. The highest BCUT2D eigenvalue weighted by molar-refractivity contribution is 5.89. The Bertz CT molecular complexity index is 817. The van der Waals surface area contributed by atoms with E-state index in [0.29, 0.717) is 18.8 Å². The maximum Gasteiger partial charge on any atom is 0.293 e. The molecule has 0 radical (unpaired) electrons. The second-order valence-corrected chi connectivity index (χ2v) is 7.92. The lowest BCUT2D eigenvalue weighted by atomic mass is 9.91. The van der Waals surface area contributed by atoms with Gasteiger partial charge in [-0.1, -0.05) is 20.3 Å². The SMILES string of the molecule is CCCCc1nc2c(N)nc3c(c2n1CC(C)(CO)COC=O)CCCC3.